The van der Waals surface area contributed by atoms with Gasteiger partial charge in [-0.05, 0) is 57.8 Å². The summed E-state index contributed by atoms with van der Waals surface area (Å²) in [4.78, 5) is 4.53. The Balaban J connectivity index is 2.35. The standard InChI is InChI=1S/C14H17Br2ClN4/c1-4-18-12(13-11(16)5-9(15)7-19-13)6-10-8(2)20-21(3)14(10)17/h5,7,12,18H,4,6H2,1-3H3. The fraction of sp³-hybridized carbons (Fsp3) is 0.429. The van der Waals surface area contributed by atoms with Crippen LogP contribution in [0.2, 0.25) is 5.15 Å². The van der Waals surface area contributed by atoms with Crippen molar-refractivity contribution in [2.75, 3.05) is 6.54 Å². The summed E-state index contributed by atoms with van der Waals surface area (Å²) >= 11 is 13.4. The molecule has 0 bridgehead atoms. The molecule has 114 valence electrons. The second kappa shape index (κ2) is 7.22. The zero-order valence-corrected chi connectivity index (χ0v) is 16.0. The van der Waals surface area contributed by atoms with Crippen molar-refractivity contribution in [3.8, 4) is 0 Å². The third-order valence-corrected chi connectivity index (χ3v) is 4.84. The van der Waals surface area contributed by atoms with Crippen LogP contribution in [-0.4, -0.2) is 21.3 Å². The number of rotatable bonds is 5. The van der Waals surface area contributed by atoms with E-state index in [1.165, 1.54) is 0 Å². The lowest BCUT2D eigenvalue weighted by Gasteiger charge is -2.19. The van der Waals surface area contributed by atoms with Gasteiger partial charge in [0, 0.05) is 27.8 Å². The van der Waals surface area contributed by atoms with Crippen LogP contribution >= 0.6 is 43.5 Å². The Morgan fingerprint density at radius 2 is 2.14 bits per heavy atom. The molecule has 1 unspecified atom stereocenters. The van der Waals surface area contributed by atoms with E-state index in [0.717, 1.165) is 38.9 Å². The van der Waals surface area contributed by atoms with Gasteiger partial charge in [0.1, 0.15) is 5.15 Å². The maximum atomic E-state index is 6.34. The molecule has 2 heterocycles. The molecule has 0 aromatic carbocycles. The van der Waals surface area contributed by atoms with Crippen molar-refractivity contribution in [3.63, 3.8) is 0 Å². The average Bonchev–Trinajstić information content (AvgIpc) is 2.65. The highest BCUT2D eigenvalue weighted by molar-refractivity contribution is 9.11. The summed E-state index contributed by atoms with van der Waals surface area (Å²) < 4.78 is 3.63. The summed E-state index contributed by atoms with van der Waals surface area (Å²) in [7, 11) is 1.86. The number of pyridine rings is 1. The predicted molar refractivity (Wildman–Crippen MR) is 92.7 cm³/mol. The third kappa shape index (κ3) is 3.86. The molecule has 4 nitrogen and oxygen atoms in total. The molecular formula is C14H17Br2ClN4. The van der Waals surface area contributed by atoms with Crippen molar-refractivity contribution in [2.24, 2.45) is 7.05 Å². The molecule has 0 fully saturated rings. The van der Waals surface area contributed by atoms with Gasteiger partial charge in [0.2, 0.25) is 0 Å². The van der Waals surface area contributed by atoms with Gasteiger partial charge in [-0.2, -0.15) is 5.10 Å². The summed E-state index contributed by atoms with van der Waals surface area (Å²) in [5, 5.41) is 8.52. The minimum atomic E-state index is 0.0814. The smallest absolute Gasteiger partial charge is 0.130 e. The van der Waals surface area contributed by atoms with Gasteiger partial charge < -0.3 is 5.32 Å². The quantitative estimate of drug-likeness (QED) is 0.764. The van der Waals surface area contributed by atoms with Crippen molar-refractivity contribution in [2.45, 2.75) is 26.3 Å². The second-order valence-electron chi connectivity index (χ2n) is 4.81. The highest BCUT2D eigenvalue weighted by Crippen LogP contribution is 2.29. The van der Waals surface area contributed by atoms with Crippen LogP contribution in [0.3, 0.4) is 0 Å². The number of aromatic nitrogens is 3. The molecule has 0 aliphatic carbocycles. The lowest BCUT2D eigenvalue weighted by atomic mass is 10.0. The maximum Gasteiger partial charge on any atom is 0.130 e. The van der Waals surface area contributed by atoms with Crippen molar-refractivity contribution in [1.82, 2.24) is 20.1 Å². The predicted octanol–water partition coefficient (Wildman–Crippen LogP) is 4.20. The Morgan fingerprint density at radius 1 is 1.43 bits per heavy atom. The van der Waals surface area contributed by atoms with Gasteiger partial charge >= 0.3 is 0 Å². The van der Waals surface area contributed by atoms with Crippen molar-refractivity contribution in [1.29, 1.82) is 0 Å². The molecular weight excluding hydrogens is 419 g/mol. The fourth-order valence-electron chi connectivity index (χ4n) is 2.30. The van der Waals surface area contributed by atoms with Crippen LogP contribution in [0.5, 0.6) is 0 Å². The highest BCUT2D eigenvalue weighted by Gasteiger charge is 2.21. The van der Waals surface area contributed by atoms with Crippen LogP contribution in [0.4, 0.5) is 0 Å². The molecule has 0 radical (unpaired) electrons. The van der Waals surface area contributed by atoms with E-state index in [1.807, 2.05) is 26.2 Å². The molecule has 0 saturated carbocycles. The molecule has 1 atom stereocenters. The van der Waals surface area contributed by atoms with Crippen molar-refractivity contribution < 1.29 is 0 Å². The molecule has 2 aromatic heterocycles. The number of likely N-dealkylation sites (N-methyl/N-ethyl adjacent to an activating group) is 1. The van der Waals surface area contributed by atoms with E-state index in [-0.39, 0.29) is 6.04 Å². The Kier molecular flexibility index (Phi) is 5.82. The summed E-state index contributed by atoms with van der Waals surface area (Å²) in [6.45, 7) is 4.91. The van der Waals surface area contributed by atoms with Crippen LogP contribution in [0, 0.1) is 6.92 Å². The van der Waals surface area contributed by atoms with Crippen LogP contribution in [0.25, 0.3) is 0 Å². The summed E-state index contributed by atoms with van der Waals surface area (Å²) in [5.74, 6) is 0. The Hall–Kier alpha value is -0.430. The number of hydrogen-bond acceptors (Lipinski definition) is 3. The third-order valence-electron chi connectivity index (χ3n) is 3.29. The van der Waals surface area contributed by atoms with Gasteiger partial charge in [0.25, 0.3) is 0 Å². The van der Waals surface area contributed by atoms with E-state index in [9.17, 15) is 0 Å². The van der Waals surface area contributed by atoms with Gasteiger partial charge in [-0.15, -0.1) is 0 Å². The maximum absolute atomic E-state index is 6.34. The first-order chi connectivity index (χ1) is 9.93. The summed E-state index contributed by atoms with van der Waals surface area (Å²) in [6, 6.07) is 2.09. The molecule has 2 aromatic rings. The number of nitrogens with zero attached hydrogens (tertiary/aromatic N) is 3. The number of halogens is 3. The normalized spacial score (nSPS) is 12.7. The molecule has 7 heteroatoms. The number of aryl methyl sites for hydroxylation is 2. The first kappa shape index (κ1) is 16.9. The van der Waals surface area contributed by atoms with Gasteiger partial charge in [-0.3, -0.25) is 9.67 Å². The first-order valence-corrected chi connectivity index (χ1v) is 8.62. The van der Waals surface area contributed by atoms with Crippen LogP contribution < -0.4 is 5.32 Å². The summed E-state index contributed by atoms with van der Waals surface area (Å²) in [6.07, 6.45) is 2.56. The first-order valence-electron chi connectivity index (χ1n) is 6.66. The Bertz CT molecular complexity index is 642. The second-order valence-corrected chi connectivity index (χ2v) is 6.94. The van der Waals surface area contributed by atoms with Crippen LogP contribution in [0.1, 0.15) is 29.9 Å². The summed E-state index contributed by atoms with van der Waals surface area (Å²) in [5.41, 5.74) is 2.99. The monoisotopic (exact) mass is 434 g/mol. The SMILES string of the molecule is CCNC(Cc1c(C)nn(C)c1Cl)c1ncc(Br)cc1Br. The molecule has 21 heavy (non-hydrogen) atoms. The zero-order chi connectivity index (χ0) is 15.6. The number of hydrogen-bond donors (Lipinski definition) is 1. The van der Waals surface area contributed by atoms with Gasteiger partial charge in [0.15, 0.2) is 0 Å². The minimum Gasteiger partial charge on any atom is -0.309 e. The molecule has 0 saturated heterocycles. The molecule has 0 aliphatic heterocycles. The lowest BCUT2D eigenvalue weighted by molar-refractivity contribution is 0.533. The van der Waals surface area contributed by atoms with Gasteiger partial charge in [-0.25, -0.2) is 0 Å². The van der Waals surface area contributed by atoms with E-state index in [2.05, 4.69) is 54.2 Å². The van der Waals surface area contributed by atoms with E-state index in [0.29, 0.717) is 5.15 Å². The van der Waals surface area contributed by atoms with Crippen LogP contribution in [0.15, 0.2) is 21.2 Å². The fourth-order valence-corrected chi connectivity index (χ4v) is 3.82. The molecule has 0 amide bonds. The van der Waals surface area contributed by atoms with E-state index in [4.69, 9.17) is 11.6 Å². The molecule has 0 aliphatic rings. The average molecular weight is 437 g/mol. The van der Waals surface area contributed by atoms with Crippen molar-refractivity contribution >= 4 is 43.5 Å². The zero-order valence-electron chi connectivity index (χ0n) is 12.1. The number of nitrogens with one attached hydrogen (secondary N) is 1. The van der Waals surface area contributed by atoms with Gasteiger partial charge in [-0.1, -0.05) is 18.5 Å². The topological polar surface area (TPSA) is 42.7 Å². The Morgan fingerprint density at radius 3 is 2.67 bits per heavy atom. The minimum absolute atomic E-state index is 0.0814. The Labute approximate surface area is 146 Å². The van der Waals surface area contributed by atoms with E-state index in [1.54, 1.807) is 4.68 Å². The van der Waals surface area contributed by atoms with Crippen LogP contribution in [-0.2, 0) is 13.5 Å². The van der Waals surface area contributed by atoms with Crippen molar-refractivity contribution in [3.05, 3.63) is 43.3 Å². The largest absolute Gasteiger partial charge is 0.309 e. The van der Waals surface area contributed by atoms with Gasteiger partial charge in [0.05, 0.1) is 17.4 Å². The highest BCUT2D eigenvalue weighted by atomic mass is 79.9. The van der Waals surface area contributed by atoms with E-state index < -0.39 is 0 Å². The molecule has 2 rings (SSSR count). The molecule has 0 spiro atoms. The molecule has 1 N–H and O–H groups in total. The van der Waals surface area contributed by atoms with E-state index >= 15 is 0 Å². The lowest BCUT2D eigenvalue weighted by Crippen LogP contribution is -2.24.